The maximum Gasteiger partial charge on any atom is 0.126 e. The molecule has 0 atom stereocenters. The molecular formula is C14H13FO2. The molecule has 0 aliphatic heterocycles. The molecule has 2 nitrogen and oxygen atoms in total. The van der Waals surface area contributed by atoms with Gasteiger partial charge in [-0.1, -0.05) is 12.1 Å². The van der Waals surface area contributed by atoms with Crippen LogP contribution in [-0.4, -0.2) is 12.2 Å². The van der Waals surface area contributed by atoms with Gasteiger partial charge in [0, 0.05) is 6.07 Å². The zero-order valence-electron chi connectivity index (χ0n) is 9.70. The Kier molecular flexibility index (Phi) is 3.00. The number of ether oxygens (including phenoxy) is 1. The molecule has 0 fully saturated rings. The molecule has 2 aromatic rings. The molecular weight excluding hydrogens is 219 g/mol. The van der Waals surface area contributed by atoms with Crippen LogP contribution in [0.15, 0.2) is 36.4 Å². The summed E-state index contributed by atoms with van der Waals surface area (Å²) < 4.78 is 18.5. The summed E-state index contributed by atoms with van der Waals surface area (Å²) in [6.45, 7) is 1.71. The zero-order valence-corrected chi connectivity index (χ0v) is 9.70. The third-order valence-electron chi connectivity index (χ3n) is 2.63. The Morgan fingerprint density at radius 2 is 1.82 bits per heavy atom. The van der Waals surface area contributed by atoms with Gasteiger partial charge in [0.2, 0.25) is 0 Å². The molecule has 0 aliphatic carbocycles. The van der Waals surface area contributed by atoms with E-state index in [-0.39, 0.29) is 11.6 Å². The molecule has 0 heterocycles. The van der Waals surface area contributed by atoms with E-state index in [2.05, 4.69) is 0 Å². The second-order valence-electron chi connectivity index (χ2n) is 3.88. The Balaban J connectivity index is 2.52. The number of phenols is 1. The highest BCUT2D eigenvalue weighted by atomic mass is 19.1. The molecule has 0 saturated heterocycles. The van der Waals surface area contributed by atoms with Gasteiger partial charge < -0.3 is 9.84 Å². The van der Waals surface area contributed by atoms with E-state index in [9.17, 15) is 9.50 Å². The average Bonchev–Trinajstić information content (AvgIpc) is 2.32. The Morgan fingerprint density at radius 1 is 1.06 bits per heavy atom. The van der Waals surface area contributed by atoms with Crippen molar-refractivity contribution >= 4 is 0 Å². The zero-order chi connectivity index (χ0) is 12.4. The van der Waals surface area contributed by atoms with Gasteiger partial charge in [0.25, 0.3) is 0 Å². The van der Waals surface area contributed by atoms with Crippen LogP contribution < -0.4 is 4.74 Å². The van der Waals surface area contributed by atoms with E-state index in [0.29, 0.717) is 16.9 Å². The van der Waals surface area contributed by atoms with Gasteiger partial charge >= 0.3 is 0 Å². The van der Waals surface area contributed by atoms with E-state index in [4.69, 9.17) is 4.74 Å². The lowest BCUT2D eigenvalue weighted by molar-refractivity contribution is 0.408. The summed E-state index contributed by atoms with van der Waals surface area (Å²) in [5.74, 6) is 0.381. The third kappa shape index (κ3) is 2.38. The smallest absolute Gasteiger partial charge is 0.126 e. The SMILES string of the molecule is COc1cc(O)cc(-c2ccc(C)c(F)c2)c1. The quantitative estimate of drug-likeness (QED) is 0.858. The Morgan fingerprint density at radius 3 is 2.47 bits per heavy atom. The lowest BCUT2D eigenvalue weighted by Gasteiger charge is -2.07. The topological polar surface area (TPSA) is 29.5 Å². The normalized spacial score (nSPS) is 10.3. The van der Waals surface area contributed by atoms with Gasteiger partial charge in [0.1, 0.15) is 17.3 Å². The molecule has 0 aliphatic rings. The fraction of sp³-hybridized carbons (Fsp3) is 0.143. The molecule has 2 aromatic carbocycles. The molecule has 3 heteroatoms. The summed E-state index contributed by atoms with van der Waals surface area (Å²) in [6.07, 6.45) is 0. The number of phenolic OH excluding ortho intramolecular Hbond substituents is 1. The lowest BCUT2D eigenvalue weighted by Crippen LogP contribution is -1.87. The molecule has 88 valence electrons. The highest BCUT2D eigenvalue weighted by molar-refractivity contribution is 5.67. The summed E-state index contributed by atoms with van der Waals surface area (Å²) in [5, 5.41) is 9.54. The summed E-state index contributed by atoms with van der Waals surface area (Å²) in [7, 11) is 1.52. The van der Waals surface area contributed by atoms with Crippen LogP contribution in [0.5, 0.6) is 11.5 Å². The number of aryl methyl sites for hydroxylation is 1. The molecule has 0 aromatic heterocycles. The molecule has 17 heavy (non-hydrogen) atoms. The standard InChI is InChI=1S/C14H13FO2/c1-9-3-4-10(7-14(9)15)11-5-12(16)8-13(6-11)17-2/h3-8,16H,1-2H3. The molecule has 0 saturated carbocycles. The molecule has 0 bridgehead atoms. The largest absolute Gasteiger partial charge is 0.508 e. The van der Waals surface area contributed by atoms with Crippen molar-refractivity contribution in [2.24, 2.45) is 0 Å². The number of benzene rings is 2. The first-order valence-corrected chi connectivity index (χ1v) is 5.25. The van der Waals surface area contributed by atoms with Crippen LogP contribution in [0.3, 0.4) is 0 Å². The summed E-state index contributed by atoms with van der Waals surface area (Å²) >= 11 is 0. The van der Waals surface area contributed by atoms with Gasteiger partial charge in [-0.2, -0.15) is 0 Å². The van der Waals surface area contributed by atoms with Crippen molar-refractivity contribution in [2.45, 2.75) is 6.92 Å². The second-order valence-corrected chi connectivity index (χ2v) is 3.88. The van der Waals surface area contributed by atoms with Gasteiger partial charge in [-0.05, 0) is 41.8 Å². The van der Waals surface area contributed by atoms with Crippen LogP contribution in [-0.2, 0) is 0 Å². The minimum absolute atomic E-state index is 0.0975. The molecule has 0 unspecified atom stereocenters. The van der Waals surface area contributed by atoms with Crippen LogP contribution in [0.4, 0.5) is 4.39 Å². The maximum atomic E-state index is 13.5. The van der Waals surface area contributed by atoms with Crippen molar-refractivity contribution in [3.63, 3.8) is 0 Å². The van der Waals surface area contributed by atoms with Crippen molar-refractivity contribution in [3.05, 3.63) is 47.8 Å². The predicted octanol–water partition coefficient (Wildman–Crippen LogP) is 3.52. The van der Waals surface area contributed by atoms with Crippen molar-refractivity contribution in [2.75, 3.05) is 7.11 Å². The third-order valence-corrected chi connectivity index (χ3v) is 2.63. The Bertz CT molecular complexity index is 550. The van der Waals surface area contributed by atoms with E-state index < -0.39 is 0 Å². The van der Waals surface area contributed by atoms with Crippen molar-refractivity contribution in [1.82, 2.24) is 0 Å². The monoisotopic (exact) mass is 232 g/mol. The van der Waals surface area contributed by atoms with Crippen LogP contribution >= 0.6 is 0 Å². The fourth-order valence-electron chi connectivity index (χ4n) is 1.64. The predicted molar refractivity (Wildman–Crippen MR) is 64.8 cm³/mol. The van der Waals surface area contributed by atoms with Gasteiger partial charge in [0.05, 0.1) is 7.11 Å². The molecule has 1 N–H and O–H groups in total. The molecule has 0 amide bonds. The Hall–Kier alpha value is -2.03. The minimum Gasteiger partial charge on any atom is -0.508 e. The fourth-order valence-corrected chi connectivity index (χ4v) is 1.64. The Labute approximate surface area is 99.3 Å². The first kappa shape index (κ1) is 11.5. The van der Waals surface area contributed by atoms with E-state index in [1.165, 1.54) is 19.2 Å². The van der Waals surface area contributed by atoms with Crippen LogP contribution in [0, 0.1) is 12.7 Å². The highest BCUT2D eigenvalue weighted by Gasteiger charge is 2.05. The van der Waals surface area contributed by atoms with Crippen LogP contribution in [0.2, 0.25) is 0 Å². The van der Waals surface area contributed by atoms with Crippen LogP contribution in [0.25, 0.3) is 11.1 Å². The van der Waals surface area contributed by atoms with Crippen LogP contribution in [0.1, 0.15) is 5.56 Å². The number of rotatable bonds is 2. The first-order valence-electron chi connectivity index (χ1n) is 5.25. The number of methoxy groups -OCH3 is 1. The number of hydrogen-bond acceptors (Lipinski definition) is 2. The lowest BCUT2D eigenvalue weighted by atomic mass is 10.0. The molecule has 0 radical (unpaired) electrons. The highest BCUT2D eigenvalue weighted by Crippen LogP contribution is 2.29. The van der Waals surface area contributed by atoms with Gasteiger partial charge in [-0.25, -0.2) is 4.39 Å². The van der Waals surface area contributed by atoms with Gasteiger partial charge in [-0.15, -0.1) is 0 Å². The van der Waals surface area contributed by atoms with E-state index >= 15 is 0 Å². The summed E-state index contributed by atoms with van der Waals surface area (Å²) in [6, 6.07) is 9.81. The summed E-state index contributed by atoms with van der Waals surface area (Å²) in [5.41, 5.74) is 2.03. The van der Waals surface area contributed by atoms with Gasteiger partial charge in [0.15, 0.2) is 0 Å². The number of halogens is 1. The average molecular weight is 232 g/mol. The van der Waals surface area contributed by atoms with E-state index in [0.717, 1.165) is 5.56 Å². The number of hydrogen-bond donors (Lipinski definition) is 1. The summed E-state index contributed by atoms with van der Waals surface area (Å²) in [4.78, 5) is 0. The molecule has 0 spiro atoms. The maximum absolute atomic E-state index is 13.5. The van der Waals surface area contributed by atoms with Crippen molar-refractivity contribution in [3.8, 4) is 22.6 Å². The first-order chi connectivity index (χ1) is 8.10. The molecule has 2 rings (SSSR count). The van der Waals surface area contributed by atoms with Crippen molar-refractivity contribution < 1.29 is 14.2 Å². The van der Waals surface area contributed by atoms with Crippen molar-refractivity contribution in [1.29, 1.82) is 0 Å². The van der Waals surface area contributed by atoms with E-state index in [1.807, 2.05) is 6.07 Å². The van der Waals surface area contributed by atoms with Gasteiger partial charge in [-0.3, -0.25) is 0 Å². The minimum atomic E-state index is -0.259. The second kappa shape index (κ2) is 4.45. The number of aromatic hydroxyl groups is 1. The van der Waals surface area contributed by atoms with E-state index in [1.54, 1.807) is 25.1 Å².